The first-order chi connectivity index (χ1) is 12.1. The fourth-order valence-electron chi connectivity index (χ4n) is 7.55. The summed E-state index contributed by atoms with van der Waals surface area (Å²) in [6.07, 6.45) is 7.36. The minimum Gasteiger partial charge on any atom is -0.390 e. The third-order valence-electron chi connectivity index (χ3n) is 8.19. The lowest BCUT2D eigenvalue weighted by Gasteiger charge is -2.59. The maximum absolute atomic E-state index is 13.3. The summed E-state index contributed by atoms with van der Waals surface area (Å²) < 4.78 is 0. The van der Waals surface area contributed by atoms with Gasteiger partial charge in [0.2, 0.25) is 5.91 Å². The van der Waals surface area contributed by atoms with Crippen molar-refractivity contribution < 1.29 is 9.90 Å². The number of hydrogen-bond donors (Lipinski definition) is 1. The zero-order chi connectivity index (χ0) is 16.8. The van der Waals surface area contributed by atoms with Gasteiger partial charge in [0.15, 0.2) is 0 Å². The van der Waals surface area contributed by atoms with E-state index in [2.05, 4.69) is 29.2 Å². The monoisotopic (exact) mass is 337 g/mol. The zero-order valence-corrected chi connectivity index (χ0v) is 14.7. The molecule has 1 aromatic carbocycles. The first-order valence-corrected chi connectivity index (χ1v) is 10.2. The van der Waals surface area contributed by atoms with Gasteiger partial charge in [0.05, 0.1) is 5.60 Å². The zero-order valence-electron chi connectivity index (χ0n) is 14.7. The third kappa shape index (κ3) is 2.05. The summed E-state index contributed by atoms with van der Waals surface area (Å²) in [5.41, 5.74) is 2.44. The molecule has 0 spiro atoms. The summed E-state index contributed by atoms with van der Waals surface area (Å²) in [5, 5.41) is 10.9. The number of nitrogens with zero attached hydrogens (tertiary/aromatic N) is 1. The van der Waals surface area contributed by atoms with Crippen LogP contribution < -0.4 is 0 Å². The van der Waals surface area contributed by atoms with Crippen LogP contribution in [0.25, 0.3) is 0 Å². The maximum atomic E-state index is 13.3. The van der Waals surface area contributed by atoms with Gasteiger partial charge < -0.3 is 10.0 Å². The first-order valence-electron chi connectivity index (χ1n) is 10.2. The molecule has 1 aliphatic heterocycles. The molecule has 1 heterocycles. The van der Waals surface area contributed by atoms with Crippen molar-refractivity contribution in [1.82, 2.24) is 4.90 Å². The Labute approximate surface area is 149 Å². The van der Waals surface area contributed by atoms with Gasteiger partial charge in [0.25, 0.3) is 0 Å². The maximum Gasteiger partial charge on any atom is 0.226 e. The topological polar surface area (TPSA) is 40.5 Å². The van der Waals surface area contributed by atoms with Crippen LogP contribution in [0.1, 0.15) is 43.2 Å². The molecule has 7 rings (SSSR count). The van der Waals surface area contributed by atoms with Crippen molar-refractivity contribution in [2.24, 2.45) is 29.6 Å². The highest BCUT2D eigenvalue weighted by molar-refractivity contribution is 5.82. The molecule has 3 heteroatoms. The predicted octanol–water partition coefficient (Wildman–Crippen LogP) is 2.80. The average molecular weight is 337 g/mol. The van der Waals surface area contributed by atoms with E-state index in [1.807, 2.05) is 0 Å². The minimum absolute atomic E-state index is 0.204. The Bertz CT molecular complexity index is 727. The summed E-state index contributed by atoms with van der Waals surface area (Å²) in [4.78, 5) is 15.6. The average Bonchev–Trinajstić information content (AvgIpc) is 2.87. The van der Waals surface area contributed by atoms with E-state index in [0.717, 1.165) is 38.6 Å². The standard InChI is InChI=1S/C22H27NO2/c24-21-19-8-15-4-2-1-3-14(15)7-18(19)12-23(21)20-16-5-13-6-17(20)11-22(25,9-13)10-16/h1-4,13,16-20,25H,5-12H2/t13?,16-,17+,18-,19-,20?,22?/m0/s1. The van der Waals surface area contributed by atoms with E-state index in [0.29, 0.717) is 35.6 Å². The van der Waals surface area contributed by atoms with Crippen molar-refractivity contribution >= 4 is 5.91 Å². The molecule has 1 amide bonds. The molecule has 5 fully saturated rings. The van der Waals surface area contributed by atoms with Crippen LogP contribution in [0.5, 0.6) is 0 Å². The lowest BCUT2D eigenvalue weighted by atomic mass is 9.52. The summed E-state index contributed by atoms with van der Waals surface area (Å²) >= 11 is 0. The van der Waals surface area contributed by atoms with Crippen LogP contribution in [0.15, 0.2) is 24.3 Å². The van der Waals surface area contributed by atoms with E-state index in [-0.39, 0.29) is 5.92 Å². The van der Waals surface area contributed by atoms with Crippen molar-refractivity contribution in [3.8, 4) is 0 Å². The van der Waals surface area contributed by atoms with Crippen LogP contribution in [0.4, 0.5) is 0 Å². The van der Waals surface area contributed by atoms with Gasteiger partial charge in [0, 0.05) is 18.5 Å². The number of carbonyl (C=O) groups is 1. The van der Waals surface area contributed by atoms with E-state index in [9.17, 15) is 9.90 Å². The summed E-state index contributed by atoms with van der Waals surface area (Å²) in [6.45, 7) is 0.957. The molecule has 1 saturated heterocycles. The van der Waals surface area contributed by atoms with Gasteiger partial charge in [-0.25, -0.2) is 0 Å². The number of carbonyl (C=O) groups excluding carboxylic acids is 1. The van der Waals surface area contributed by atoms with Gasteiger partial charge in [-0.05, 0) is 79.7 Å². The molecule has 4 bridgehead atoms. The van der Waals surface area contributed by atoms with Crippen LogP contribution in [0, 0.1) is 29.6 Å². The summed E-state index contributed by atoms with van der Waals surface area (Å²) in [6, 6.07) is 9.11. The van der Waals surface area contributed by atoms with Crippen molar-refractivity contribution in [2.75, 3.05) is 6.54 Å². The normalized spacial score (nSPS) is 47.1. The molecule has 0 aromatic heterocycles. The first kappa shape index (κ1) is 14.8. The number of fused-ring (bicyclic) bond motifs is 2. The Morgan fingerprint density at radius 1 is 0.960 bits per heavy atom. The van der Waals surface area contributed by atoms with E-state index in [1.165, 1.54) is 24.0 Å². The Balaban J connectivity index is 1.29. The number of rotatable bonds is 1. The third-order valence-corrected chi connectivity index (χ3v) is 8.19. The molecule has 7 atom stereocenters. The molecular formula is C22H27NO2. The molecule has 3 nitrogen and oxygen atoms in total. The van der Waals surface area contributed by atoms with Gasteiger partial charge in [-0.3, -0.25) is 4.79 Å². The Morgan fingerprint density at radius 2 is 1.64 bits per heavy atom. The molecule has 4 saturated carbocycles. The van der Waals surface area contributed by atoms with Crippen LogP contribution in [-0.4, -0.2) is 34.1 Å². The Morgan fingerprint density at radius 3 is 2.32 bits per heavy atom. The van der Waals surface area contributed by atoms with E-state index < -0.39 is 5.60 Å². The SMILES string of the molecule is O=C1[C@H]2Cc3ccccc3C[C@H]2CN1C1[C@@H]2CC3C[C@H]1CC(O)(C3)C2. The molecule has 1 N–H and O–H groups in total. The smallest absolute Gasteiger partial charge is 0.226 e. The summed E-state index contributed by atoms with van der Waals surface area (Å²) in [7, 11) is 0. The number of aliphatic hydroxyl groups is 1. The molecule has 132 valence electrons. The highest BCUT2D eigenvalue weighted by Crippen LogP contribution is 2.58. The van der Waals surface area contributed by atoms with E-state index >= 15 is 0 Å². The molecule has 5 aliphatic carbocycles. The van der Waals surface area contributed by atoms with Crippen molar-refractivity contribution in [1.29, 1.82) is 0 Å². The van der Waals surface area contributed by atoms with Gasteiger partial charge in [-0.15, -0.1) is 0 Å². The Kier molecular flexibility index (Phi) is 2.88. The number of likely N-dealkylation sites (tertiary alicyclic amines) is 1. The van der Waals surface area contributed by atoms with Gasteiger partial charge in [0.1, 0.15) is 0 Å². The molecule has 25 heavy (non-hydrogen) atoms. The van der Waals surface area contributed by atoms with Crippen LogP contribution in [-0.2, 0) is 17.6 Å². The fourth-order valence-corrected chi connectivity index (χ4v) is 7.55. The van der Waals surface area contributed by atoms with E-state index in [1.54, 1.807) is 0 Å². The molecule has 0 radical (unpaired) electrons. The van der Waals surface area contributed by atoms with Crippen LogP contribution >= 0.6 is 0 Å². The second kappa shape index (κ2) is 4.88. The number of hydrogen-bond acceptors (Lipinski definition) is 2. The number of benzene rings is 1. The lowest BCUT2D eigenvalue weighted by molar-refractivity contribution is -0.168. The van der Waals surface area contributed by atoms with Gasteiger partial charge >= 0.3 is 0 Å². The molecule has 6 aliphatic rings. The largest absolute Gasteiger partial charge is 0.390 e. The second-order valence-corrected chi connectivity index (χ2v) is 9.72. The molecular weight excluding hydrogens is 310 g/mol. The van der Waals surface area contributed by atoms with Crippen LogP contribution in [0.3, 0.4) is 0 Å². The minimum atomic E-state index is -0.404. The fraction of sp³-hybridized carbons (Fsp3) is 0.682. The number of amides is 1. The Hall–Kier alpha value is -1.35. The molecule has 1 aromatic rings. The summed E-state index contributed by atoms with van der Waals surface area (Å²) in [5.74, 6) is 2.93. The van der Waals surface area contributed by atoms with Crippen molar-refractivity contribution in [3.63, 3.8) is 0 Å². The van der Waals surface area contributed by atoms with Crippen LogP contribution in [0.2, 0.25) is 0 Å². The predicted molar refractivity (Wildman–Crippen MR) is 94.8 cm³/mol. The highest BCUT2D eigenvalue weighted by Gasteiger charge is 2.58. The molecule has 3 unspecified atom stereocenters. The quantitative estimate of drug-likeness (QED) is 0.856. The van der Waals surface area contributed by atoms with E-state index in [4.69, 9.17) is 0 Å². The van der Waals surface area contributed by atoms with Gasteiger partial charge in [-0.2, -0.15) is 0 Å². The van der Waals surface area contributed by atoms with Gasteiger partial charge in [-0.1, -0.05) is 24.3 Å². The van der Waals surface area contributed by atoms with Crippen molar-refractivity contribution in [3.05, 3.63) is 35.4 Å². The highest BCUT2D eigenvalue weighted by atomic mass is 16.3. The lowest BCUT2D eigenvalue weighted by Crippen LogP contribution is -2.62. The van der Waals surface area contributed by atoms with Crippen molar-refractivity contribution in [2.45, 2.75) is 56.6 Å². The second-order valence-electron chi connectivity index (χ2n) is 9.72.